The summed E-state index contributed by atoms with van der Waals surface area (Å²) in [5.74, 6) is 0. The molecule has 19 heavy (non-hydrogen) atoms. The van der Waals surface area contributed by atoms with Crippen molar-refractivity contribution in [3.8, 4) is 0 Å². The normalized spacial score (nSPS) is 11.5. The van der Waals surface area contributed by atoms with Crippen LogP contribution < -0.4 is 15.8 Å². The summed E-state index contributed by atoms with van der Waals surface area (Å²) in [6.07, 6.45) is 3.44. The molecule has 0 unspecified atom stereocenters. The molecule has 0 spiro atoms. The Morgan fingerprint density at radius 2 is 2.11 bits per heavy atom. The summed E-state index contributed by atoms with van der Waals surface area (Å²) in [6.45, 7) is 0. The maximum atomic E-state index is 11.6. The minimum Gasteiger partial charge on any atom is -0.397 e. The van der Waals surface area contributed by atoms with Crippen molar-refractivity contribution < 1.29 is 8.42 Å². The van der Waals surface area contributed by atoms with Crippen LogP contribution in [0.2, 0.25) is 0 Å². The number of nitrogens with one attached hydrogen (secondary N) is 2. The lowest BCUT2D eigenvalue weighted by atomic mass is 10.2. The van der Waals surface area contributed by atoms with Crippen molar-refractivity contribution in [2.45, 2.75) is 4.90 Å². The first-order chi connectivity index (χ1) is 8.92. The van der Waals surface area contributed by atoms with Gasteiger partial charge in [0.25, 0.3) is 0 Å². The molecule has 0 aliphatic heterocycles. The summed E-state index contributed by atoms with van der Waals surface area (Å²) in [5, 5.41) is 7.09. The molecule has 2 rings (SSSR count). The van der Waals surface area contributed by atoms with Gasteiger partial charge in [-0.1, -0.05) is 0 Å². The molecule has 8 heteroatoms. The Kier molecular flexibility index (Phi) is 3.45. The van der Waals surface area contributed by atoms with E-state index in [0.717, 1.165) is 5.69 Å². The maximum absolute atomic E-state index is 11.6. The van der Waals surface area contributed by atoms with Crippen molar-refractivity contribution in [3.05, 3.63) is 30.6 Å². The minimum absolute atomic E-state index is 0.129. The highest BCUT2D eigenvalue weighted by atomic mass is 32.2. The number of rotatable bonds is 4. The molecule has 0 amide bonds. The smallest absolute Gasteiger partial charge is 0.240 e. The Bertz CT molecular complexity index is 693. The second-order valence-corrected chi connectivity index (χ2v) is 5.87. The molecule has 1 heterocycles. The van der Waals surface area contributed by atoms with Gasteiger partial charge in [0, 0.05) is 13.2 Å². The summed E-state index contributed by atoms with van der Waals surface area (Å²) < 4.78 is 27.1. The highest BCUT2D eigenvalue weighted by Gasteiger charge is 2.13. The van der Waals surface area contributed by atoms with Gasteiger partial charge in [-0.2, -0.15) is 5.10 Å². The number of benzene rings is 1. The van der Waals surface area contributed by atoms with E-state index in [4.69, 9.17) is 5.73 Å². The first-order valence-electron chi connectivity index (χ1n) is 5.51. The largest absolute Gasteiger partial charge is 0.397 e. The number of hydrogen-bond donors (Lipinski definition) is 3. The van der Waals surface area contributed by atoms with Gasteiger partial charge in [0.05, 0.1) is 28.2 Å². The van der Waals surface area contributed by atoms with E-state index in [9.17, 15) is 8.42 Å². The molecule has 0 atom stereocenters. The number of nitrogens with two attached hydrogens (primary N) is 1. The molecule has 1 aromatic heterocycles. The third-order valence-corrected chi connectivity index (χ3v) is 4.00. The SMILES string of the molecule is CNS(=O)(=O)c1ccc(Nc2cnn(C)c2)c(N)c1. The zero-order valence-corrected chi connectivity index (χ0v) is 11.4. The number of sulfonamides is 1. The van der Waals surface area contributed by atoms with Gasteiger partial charge in [-0.15, -0.1) is 0 Å². The van der Waals surface area contributed by atoms with Crippen molar-refractivity contribution in [1.82, 2.24) is 14.5 Å². The fourth-order valence-corrected chi connectivity index (χ4v) is 2.35. The second-order valence-electron chi connectivity index (χ2n) is 3.98. The van der Waals surface area contributed by atoms with E-state index in [0.29, 0.717) is 11.4 Å². The summed E-state index contributed by atoms with van der Waals surface area (Å²) >= 11 is 0. The lowest BCUT2D eigenvalue weighted by Crippen LogP contribution is -2.18. The van der Waals surface area contributed by atoms with Crippen LogP contribution in [0.5, 0.6) is 0 Å². The Morgan fingerprint density at radius 1 is 1.37 bits per heavy atom. The van der Waals surface area contributed by atoms with E-state index in [1.807, 2.05) is 0 Å². The van der Waals surface area contributed by atoms with E-state index in [-0.39, 0.29) is 4.90 Å². The molecule has 0 saturated carbocycles. The van der Waals surface area contributed by atoms with Crippen LogP contribution in [0, 0.1) is 0 Å². The third kappa shape index (κ3) is 2.85. The predicted octanol–water partition coefficient (Wildman–Crippen LogP) is 0.654. The highest BCUT2D eigenvalue weighted by Crippen LogP contribution is 2.25. The van der Waals surface area contributed by atoms with E-state index in [1.54, 1.807) is 30.2 Å². The van der Waals surface area contributed by atoms with Gasteiger partial charge >= 0.3 is 0 Å². The third-order valence-electron chi connectivity index (χ3n) is 2.59. The van der Waals surface area contributed by atoms with E-state index < -0.39 is 10.0 Å². The standard InChI is InChI=1S/C11H15N5O2S/c1-13-19(17,18)9-3-4-11(10(12)5-9)15-8-6-14-16(2)7-8/h3-7,13,15H,12H2,1-2H3. The van der Waals surface area contributed by atoms with Gasteiger partial charge in [-0.05, 0) is 25.2 Å². The first-order valence-corrected chi connectivity index (χ1v) is 6.99. The molecule has 0 bridgehead atoms. The number of nitrogens with zero attached hydrogens (tertiary/aromatic N) is 2. The maximum Gasteiger partial charge on any atom is 0.240 e. The lowest BCUT2D eigenvalue weighted by Gasteiger charge is -2.09. The molecule has 2 aromatic rings. The average molecular weight is 281 g/mol. The van der Waals surface area contributed by atoms with Gasteiger partial charge in [-0.25, -0.2) is 13.1 Å². The van der Waals surface area contributed by atoms with Crippen LogP contribution in [0.25, 0.3) is 0 Å². The monoisotopic (exact) mass is 281 g/mol. The Labute approximate surface area is 111 Å². The Hall–Kier alpha value is -2.06. The Morgan fingerprint density at radius 3 is 2.63 bits per heavy atom. The zero-order chi connectivity index (χ0) is 14.0. The van der Waals surface area contributed by atoms with Crippen LogP contribution in [0.15, 0.2) is 35.5 Å². The first kappa shape index (κ1) is 13.4. The number of hydrogen-bond acceptors (Lipinski definition) is 5. The summed E-state index contributed by atoms with van der Waals surface area (Å²) in [5.41, 5.74) is 7.60. The number of aryl methyl sites for hydroxylation is 1. The lowest BCUT2D eigenvalue weighted by molar-refractivity contribution is 0.588. The van der Waals surface area contributed by atoms with Gasteiger partial charge in [0.2, 0.25) is 10.0 Å². The number of nitrogen functional groups attached to an aromatic ring is 1. The topological polar surface area (TPSA) is 102 Å². The molecule has 4 N–H and O–H groups in total. The molecular weight excluding hydrogens is 266 g/mol. The fraction of sp³-hybridized carbons (Fsp3) is 0.182. The van der Waals surface area contributed by atoms with Crippen LogP contribution >= 0.6 is 0 Å². The van der Waals surface area contributed by atoms with Crippen molar-refractivity contribution in [1.29, 1.82) is 0 Å². The molecule has 0 saturated heterocycles. The van der Waals surface area contributed by atoms with Crippen LogP contribution in [-0.2, 0) is 17.1 Å². The molecule has 0 aliphatic rings. The van der Waals surface area contributed by atoms with Gasteiger partial charge in [0.1, 0.15) is 0 Å². The molecule has 0 aliphatic carbocycles. The number of anilines is 3. The summed E-state index contributed by atoms with van der Waals surface area (Å²) in [7, 11) is -0.323. The van der Waals surface area contributed by atoms with Crippen molar-refractivity contribution in [3.63, 3.8) is 0 Å². The molecule has 0 fully saturated rings. The van der Waals surface area contributed by atoms with Crippen LogP contribution in [-0.4, -0.2) is 25.2 Å². The van der Waals surface area contributed by atoms with Crippen molar-refractivity contribution >= 4 is 27.1 Å². The van der Waals surface area contributed by atoms with E-state index >= 15 is 0 Å². The van der Waals surface area contributed by atoms with Crippen LogP contribution in [0.1, 0.15) is 0 Å². The quantitative estimate of drug-likeness (QED) is 0.714. The van der Waals surface area contributed by atoms with Gasteiger partial charge < -0.3 is 11.1 Å². The van der Waals surface area contributed by atoms with Gasteiger partial charge in [-0.3, -0.25) is 4.68 Å². The molecule has 7 nitrogen and oxygen atoms in total. The van der Waals surface area contributed by atoms with E-state index in [1.165, 1.54) is 19.2 Å². The predicted molar refractivity (Wildman–Crippen MR) is 73.6 cm³/mol. The molecule has 1 aromatic carbocycles. The summed E-state index contributed by atoms with van der Waals surface area (Å²) in [4.78, 5) is 0.129. The van der Waals surface area contributed by atoms with Gasteiger partial charge in [0.15, 0.2) is 0 Å². The highest BCUT2D eigenvalue weighted by molar-refractivity contribution is 7.89. The van der Waals surface area contributed by atoms with Crippen LogP contribution in [0.3, 0.4) is 0 Å². The second kappa shape index (κ2) is 4.90. The molecule has 102 valence electrons. The number of aromatic nitrogens is 2. The van der Waals surface area contributed by atoms with E-state index in [2.05, 4.69) is 15.1 Å². The minimum atomic E-state index is -3.48. The summed E-state index contributed by atoms with van der Waals surface area (Å²) in [6, 6.07) is 4.51. The molecule has 0 radical (unpaired) electrons. The Balaban J connectivity index is 2.30. The van der Waals surface area contributed by atoms with Crippen molar-refractivity contribution in [2.24, 2.45) is 7.05 Å². The molecular formula is C11H15N5O2S. The zero-order valence-electron chi connectivity index (χ0n) is 10.6. The fourth-order valence-electron chi connectivity index (χ4n) is 1.58. The average Bonchev–Trinajstić information content (AvgIpc) is 2.77. The van der Waals surface area contributed by atoms with Crippen LogP contribution in [0.4, 0.5) is 17.1 Å². The van der Waals surface area contributed by atoms with Crippen molar-refractivity contribution in [2.75, 3.05) is 18.1 Å².